The molecule has 0 bridgehead atoms. The van der Waals surface area contributed by atoms with Crippen molar-refractivity contribution in [3.05, 3.63) is 93.6 Å². The largest absolute Gasteiger partial charge is 0.0772 e. The molecule has 3 rings (SSSR count). The summed E-state index contributed by atoms with van der Waals surface area (Å²) >= 11 is 0. The zero-order valence-electron chi connectivity index (χ0n) is 16.5. The van der Waals surface area contributed by atoms with E-state index in [0.717, 1.165) is 12.8 Å². The highest BCUT2D eigenvalue weighted by atomic mass is 14.2. The van der Waals surface area contributed by atoms with Crippen LogP contribution < -0.4 is 0 Å². The van der Waals surface area contributed by atoms with Gasteiger partial charge in [0, 0.05) is 0 Å². The molecule has 1 aliphatic carbocycles. The van der Waals surface area contributed by atoms with E-state index in [1.807, 2.05) is 0 Å². The zero-order valence-corrected chi connectivity index (χ0v) is 16.5. The first kappa shape index (κ1) is 18.5. The highest BCUT2D eigenvalue weighted by Crippen LogP contribution is 2.34. The van der Waals surface area contributed by atoms with Crippen LogP contribution in [0.15, 0.2) is 60.2 Å². The summed E-state index contributed by atoms with van der Waals surface area (Å²) in [6.45, 7) is 9.20. The standard InChI is InChI=1S/C26H30/c1-5-24-20(3)18-21(4)25-17-16-23(13-9-10-19(2)26(24)25)15-14-22-11-7-6-8-12-22/h6-8,11-19H,5,9-10H2,1-4H3. The summed E-state index contributed by atoms with van der Waals surface area (Å²) in [5.74, 6) is 0.594. The fourth-order valence-corrected chi connectivity index (χ4v) is 4.10. The molecule has 0 saturated carbocycles. The smallest absolute Gasteiger partial charge is 0.0179 e. The Bertz CT molecular complexity index is 847. The Morgan fingerprint density at radius 1 is 1.00 bits per heavy atom. The van der Waals surface area contributed by atoms with Crippen LogP contribution >= 0.6 is 0 Å². The van der Waals surface area contributed by atoms with Crippen LogP contribution in [0.3, 0.4) is 0 Å². The third-order valence-corrected chi connectivity index (χ3v) is 5.49. The minimum Gasteiger partial charge on any atom is -0.0772 e. The number of allylic oxidation sites excluding steroid dienone is 4. The normalized spacial score (nSPS) is 17.4. The molecule has 0 aliphatic heterocycles. The van der Waals surface area contributed by atoms with Gasteiger partial charge in [0.05, 0.1) is 0 Å². The molecule has 1 unspecified atom stereocenters. The number of aryl methyl sites for hydroxylation is 2. The number of benzene rings is 2. The number of rotatable bonds is 3. The molecule has 0 radical (unpaired) electrons. The van der Waals surface area contributed by atoms with Gasteiger partial charge in [0.25, 0.3) is 0 Å². The summed E-state index contributed by atoms with van der Waals surface area (Å²) < 4.78 is 0. The Balaban J connectivity index is 2.00. The lowest BCUT2D eigenvalue weighted by atomic mass is 9.83. The zero-order chi connectivity index (χ0) is 18.5. The van der Waals surface area contributed by atoms with E-state index in [9.17, 15) is 0 Å². The first-order chi connectivity index (χ1) is 12.6. The van der Waals surface area contributed by atoms with E-state index in [-0.39, 0.29) is 0 Å². The molecular weight excluding hydrogens is 312 g/mol. The van der Waals surface area contributed by atoms with Crippen LogP contribution in [0.25, 0.3) is 12.2 Å². The van der Waals surface area contributed by atoms with Crippen LogP contribution in [0.1, 0.15) is 66.0 Å². The molecule has 0 nitrogen and oxygen atoms in total. The average Bonchev–Trinajstić information content (AvgIpc) is 2.71. The van der Waals surface area contributed by atoms with Crippen LogP contribution in [-0.4, -0.2) is 0 Å². The van der Waals surface area contributed by atoms with Gasteiger partial charge in [0.15, 0.2) is 0 Å². The first-order valence-electron chi connectivity index (χ1n) is 9.84. The maximum Gasteiger partial charge on any atom is -0.0179 e. The average molecular weight is 343 g/mol. The predicted octanol–water partition coefficient (Wildman–Crippen LogP) is 7.42. The van der Waals surface area contributed by atoms with E-state index in [1.54, 1.807) is 11.1 Å². The van der Waals surface area contributed by atoms with E-state index >= 15 is 0 Å². The van der Waals surface area contributed by atoms with E-state index in [4.69, 9.17) is 0 Å². The molecule has 0 N–H and O–H groups in total. The molecule has 2 aromatic carbocycles. The van der Waals surface area contributed by atoms with Crippen molar-refractivity contribution in [1.29, 1.82) is 0 Å². The molecule has 0 aromatic heterocycles. The third-order valence-electron chi connectivity index (χ3n) is 5.49. The van der Waals surface area contributed by atoms with E-state index in [2.05, 4.69) is 94.5 Å². The number of hydrogen-bond acceptors (Lipinski definition) is 0. The highest BCUT2D eigenvalue weighted by Gasteiger charge is 2.17. The second kappa shape index (κ2) is 8.36. The molecule has 0 saturated heterocycles. The number of fused-ring (bicyclic) bond motifs is 1. The molecular formula is C26H30. The van der Waals surface area contributed by atoms with Crippen molar-refractivity contribution >= 4 is 12.2 Å². The summed E-state index contributed by atoms with van der Waals surface area (Å²) in [5, 5.41) is 0. The van der Waals surface area contributed by atoms with Crippen LogP contribution in [0.2, 0.25) is 0 Å². The Morgan fingerprint density at radius 3 is 2.50 bits per heavy atom. The molecule has 0 spiro atoms. The van der Waals surface area contributed by atoms with Crippen LogP contribution in [0, 0.1) is 13.8 Å². The van der Waals surface area contributed by atoms with Gasteiger partial charge in [0.2, 0.25) is 0 Å². The molecule has 2 aromatic rings. The molecule has 0 fully saturated rings. The molecule has 0 heteroatoms. The van der Waals surface area contributed by atoms with Gasteiger partial charge < -0.3 is 0 Å². The maximum absolute atomic E-state index is 2.39. The molecule has 1 aliphatic rings. The lowest BCUT2D eigenvalue weighted by Crippen LogP contribution is -2.06. The summed E-state index contributed by atoms with van der Waals surface area (Å²) in [6, 6.07) is 12.9. The summed E-state index contributed by atoms with van der Waals surface area (Å²) in [7, 11) is 0. The van der Waals surface area contributed by atoms with E-state index < -0.39 is 0 Å². The fraction of sp³-hybridized carbons (Fsp3) is 0.308. The van der Waals surface area contributed by atoms with Crippen LogP contribution in [0.5, 0.6) is 0 Å². The molecule has 1 atom stereocenters. The van der Waals surface area contributed by atoms with Crippen LogP contribution in [-0.2, 0) is 6.42 Å². The molecule has 134 valence electrons. The van der Waals surface area contributed by atoms with Gasteiger partial charge in [-0.05, 0) is 78.0 Å². The quantitative estimate of drug-likeness (QED) is 0.544. The Kier molecular flexibility index (Phi) is 5.93. The summed E-state index contributed by atoms with van der Waals surface area (Å²) in [6.07, 6.45) is 14.9. The van der Waals surface area contributed by atoms with Crippen LogP contribution in [0.4, 0.5) is 0 Å². The van der Waals surface area contributed by atoms with Gasteiger partial charge in [-0.2, -0.15) is 0 Å². The minimum absolute atomic E-state index is 0.594. The second-order valence-electron chi connectivity index (χ2n) is 7.43. The predicted molar refractivity (Wildman–Crippen MR) is 116 cm³/mol. The maximum atomic E-state index is 2.39. The van der Waals surface area contributed by atoms with Crippen molar-refractivity contribution in [2.75, 3.05) is 0 Å². The fourth-order valence-electron chi connectivity index (χ4n) is 4.10. The van der Waals surface area contributed by atoms with Crippen molar-refractivity contribution in [3.63, 3.8) is 0 Å². The summed E-state index contributed by atoms with van der Waals surface area (Å²) in [4.78, 5) is 0. The van der Waals surface area contributed by atoms with Gasteiger partial charge in [-0.3, -0.25) is 0 Å². The third kappa shape index (κ3) is 4.07. The van der Waals surface area contributed by atoms with Gasteiger partial charge >= 0.3 is 0 Å². The Labute approximate surface area is 159 Å². The lowest BCUT2D eigenvalue weighted by Gasteiger charge is -2.22. The van der Waals surface area contributed by atoms with Crippen molar-refractivity contribution in [1.82, 2.24) is 0 Å². The van der Waals surface area contributed by atoms with Crippen molar-refractivity contribution < 1.29 is 0 Å². The SMILES string of the molecule is CCc1c(C)cc(C)c2c1C(C)CCC=C(C=Cc1ccccc1)C=C2. The minimum atomic E-state index is 0.594. The lowest BCUT2D eigenvalue weighted by molar-refractivity contribution is 0.680. The topological polar surface area (TPSA) is 0 Å². The molecule has 0 heterocycles. The monoisotopic (exact) mass is 342 g/mol. The van der Waals surface area contributed by atoms with Crippen molar-refractivity contribution in [2.24, 2.45) is 0 Å². The summed E-state index contributed by atoms with van der Waals surface area (Å²) in [5.41, 5.74) is 9.93. The van der Waals surface area contributed by atoms with Gasteiger partial charge in [-0.1, -0.05) is 80.6 Å². The van der Waals surface area contributed by atoms with E-state index in [1.165, 1.54) is 34.2 Å². The number of hydrogen-bond donors (Lipinski definition) is 0. The van der Waals surface area contributed by atoms with Gasteiger partial charge in [-0.15, -0.1) is 0 Å². The first-order valence-corrected chi connectivity index (χ1v) is 9.84. The van der Waals surface area contributed by atoms with Crippen molar-refractivity contribution in [2.45, 2.75) is 52.9 Å². The molecule has 0 amide bonds. The highest BCUT2D eigenvalue weighted by molar-refractivity contribution is 5.66. The van der Waals surface area contributed by atoms with Gasteiger partial charge in [-0.25, -0.2) is 0 Å². The second-order valence-corrected chi connectivity index (χ2v) is 7.43. The Morgan fingerprint density at radius 2 is 1.77 bits per heavy atom. The van der Waals surface area contributed by atoms with E-state index in [0.29, 0.717) is 5.92 Å². The molecule has 26 heavy (non-hydrogen) atoms. The van der Waals surface area contributed by atoms with Crippen molar-refractivity contribution in [3.8, 4) is 0 Å². The van der Waals surface area contributed by atoms with Gasteiger partial charge in [0.1, 0.15) is 0 Å². The Hall–Kier alpha value is -2.34.